The highest BCUT2D eigenvalue weighted by atomic mass is 16.5. The number of hydrogen-bond acceptors (Lipinski definition) is 3. The van der Waals surface area contributed by atoms with Crippen molar-refractivity contribution in [1.82, 2.24) is 10.2 Å². The van der Waals surface area contributed by atoms with Gasteiger partial charge in [-0.05, 0) is 38.9 Å². The van der Waals surface area contributed by atoms with Gasteiger partial charge in [0.2, 0.25) is 0 Å². The third kappa shape index (κ3) is 2.51. The lowest BCUT2D eigenvalue weighted by atomic mass is 9.63. The fourth-order valence-electron chi connectivity index (χ4n) is 3.59. The molecular weight excluding hydrogens is 212 g/mol. The van der Waals surface area contributed by atoms with Crippen molar-refractivity contribution in [1.29, 1.82) is 0 Å². The summed E-state index contributed by atoms with van der Waals surface area (Å²) in [7, 11) is 1.85. The highest BCUT2D eigenvalue weighted by molar-refractivity contribution is 5.04. The molecule has 1 heterocycles. The summed E-state index contributed by atoms with van der Waals surface area (Å²) >= 11 is 0. The highest BCUT2D eigenvalue weighted by Gasteiger charge is 2.51. The van der Waals surface area contributed by atoms with Gasteiger partial charge in [-0.2, -0.15) is 0 Å². The Kier molecular flexibility index (Phi) is 4.11. The minimum Gasteiger partial charge on any atom is -0.381 e. The van der Waals surface area contributed by atoms with E-state index in [2.05, 4.69) is 31.0 Å². The van der Waals surface area contributed by atoms with Gasteiger partial charge in [-0.1, -0.05) is 20.8 Å². The van der Waals surface area contributed by atoms with Crippen LogP contribution in [0.2, 0.25) is 0 Å². The smallest absolute Gasteiger partial charge is 0.0652 e. The van der Waals surface area contributed by atoms with Gasteiger partial charge >= 0.3 is 0 Å². The molecule has 0 amide bonds. The molecule has 1 N–H and O–H groups in total. The molecule has 0 aromatic carbocycles. The number of nitrogens with zero attached hydrogens (tertiary/aromatic N) is 1. The molecule has 0 radical (unpaired) electrons. The Bertz CT molecular complexity index is 247. The third-order valence-electron chi connectivity index (χ3n) is 4.87. The molecule has 0 aromatic heterocycles. The van der Waals surface area contributed by atoms with E-state index in [1.54, 1.807) is 0 Å². The summed E-state index contributed by atoms with van der Waals surface area (Å²) in [5, 5.41) is 3.57. The zero-order chi connectivity index (χ0) is 12.5. The number of likely N-dealkylation sites (tertiary alicyclic amines) is 1. The maximum absolute atomic E-state index is 5.54. The van der Waals surface area contributed by atoms with Gasteiger partial charge < -0.3 is 10.1 Å². The summed E-state index contributed by atoms with van der Waals surface area (Å²) in [5.74, 6) is 0. The van der Waals surface area contributed by atoms with Crippen LogP contribution in [0.1, 0.15) is 40.0 Å². The van der Waals surface area contributed by atoms with E-state index in [4.69, 9.17) is 4.74 Å². The van der Waals surface area contributed by atoms with E-state index >= 15 is 0 Å². The standard InChI is InChI=1S/C14H28N2O/c1-5-15-11-6-8-16(9-7-11)12-10-13(17-4)14(12,2)3/h11-13,15H,5-10H2,1-4H3. The molecule has 1 aliphatic carbocycles. The zero-order valence-corrected chi connectivity index (χ0v) is 11.8. The number of rotatable bonds is 4. The Morgan fingerprint density at radius 2 is 1.94 bits per heavy atom. The maximum Gasteiger partial charge on any atom is 0.0652 e. The van der Waals surface area contributed by atoms with Crippen LogP contribution < -0.4 is 5.32 Å². The van der Waals surface area contributed by atoms with Crippen molar-refractivity contribution >= 4 is 0 Å². The average molecular weight is 240 g/mol. The van der Waals surface area contributed by atoms with Gasteiger partial charge in [0, 0.05) is 24.6 Å². The van der Waals surface area contributed by atoms with E-state index in [0.29, 0.717) is 11.5 Å². The Labute approximate surface area is 106 Å². The number of hydrogen-bond donors (Lipinski definition) is 1. The van der Waals surface area contributed by atoms with Crippen molar-refractivity contribution in [3.05, 3.63) is 0 Å². The monoisotopic (exact) mass is 240 g/mol. The third-order valence-corrected chi connectivity index (χ3v) is 4.87. The van der Waals surface area contributed by atoms with Crippen LogP contribution in [0.3, 0.4) is 0 Å². The van der Waals surface area contributed by atoms with E-state index in [9.17, 15) is 0 Å². The fraction of sp³-hybridized carbons (Fsp3) is 1.00. The number of piperidine rings is 1. The number of methoxy groups -OCH3 is 1. The molecule has 2 fully saturated rings. The van der Waals surface area contributed by atoms with Crippen molar-refractivity contribution in [2.24, 2.45) is 5.41 Å². The van der Waals surface area contributed by atoms with Gasteiger partial charge in [0.25, 0.3) is 0 Å². The van der Waals surface area contributed by atoms with Crippen molar-refractivity contribution < 1.29 is 4.74 Å². The highest BCUT2D eigenvalue weighted by Crippen LogP contribution is 2.46. The first-order valence-electron chi connectivity index (χ1n) is 7.09. The molecule has 2 unspecified atom stereocenters. The molecule has 3 nitrogen and oxygen atoms in total. The van der Waals surface area contributed by atoms with Crippen LogP contribution in [0.15, 0.2) is 0 Å². The van der Waals surface area contributed by atoms with Crippen molar-refractivity contribution in [2.45, 2.75) is 58.2 Å². The van der Waals surface area contributed by atoms with E-state index in [1.165, 1.54) is 32.4 Å². The number of nitrogens with one attached hydrogen (secondary N) is 1. The predicted molar refractivity (Wildman–Crippen MR) is 71.3 cm³/mol. The molecule has 2 atom stereocenters. The van der Waals surface area contributed by atoms with Crippen LogP contribution in [0.5, 0.6) is 0 Å². The SMILES string of the molecule is CCNC1CCN(C2CC(OC)C2(C)C)CC1. The van der Waals surface area contributed by atoms with E-state index in [1.807, 2.05) is 7.11 Å². The average Bonchev–Trinajstić information content (AvgIpc) is 2.31. The van der Waals surface area contributed by atoms with E-state index in [0.717, 1.165) is 18.6 Å². The van der Waals surface area contributed by atoms with Gasteiger partial charge in [-0.3, -0.25) is 4.90 Å². The van der Waals surface area contributed by atoms with E-state index in [-0.39, 0.29) is 0 Å². The lowest BCUT2D eigenvalue weighted by Gasteiger charge is -2.56. The van der Waals surface area contributed by atoms with E-state index < -0.39 is 0 Å². The molecule has 1 aliphatic heterocycles. The topological polar surface area (TPSA) is 24.5 Å². The van der Waals surface area contributed by atoms with Crippen LogP contribution >= 0.6 is 0 Å². The Morgan fingerprint density at radius 3 is 2.41 bits per heavy atom. The van der Waals surface area contributed by atoms with Crippen molar-refractivity contribution in [2.75, 3.05) is 26.7 Å². The minimum atomic E-state index is 0.333. The largest absolute Gasteiger partial charge is 0.381 e. The van der Waals surface area contributed by atoms with Gasteiger partial charge in [0.1, 0.15) is 0 Å². The second kappa shape index (κ2) is 5.25. The van der Waals surface area contributed by atoms with Crippen molar-refractivity contribution in [3.8, 4) is 0 Å². The van der Waals surface area contributed by atoms with Gasteiger partial charge in [0.05, 0.1) is 6.10 Å². The summed E-state index contributed by atoms with van der Waals surface area (Å²) < 4.78 is 5.54. The van der Waals surface area contributed by atoms with Crippen LogP contribution in [0.4, 0.5) is 0 Å². The molecule has 17 heavy (non-hydrogen) atoms. The molecule has 2 rings (SSSR count). The number of ether oxygens (including phenoxy) is 1. The van der Waals surface area contributed by atoms with Crippen LogP contribution in [-0.4, -0.2) is 49.8 Å². The summed E-state index contributed by atoms with van der Waals surface area (Å²) in [6.07, 6.45) is 4.28. The van der Waals surface area contributed by atoms with Gasteiger partial charge in [-0.25, -0.2) is 0 Å². The summed E-state index contributed by atoms with van der Waals surface area (Å²) in [5.41, 5.74) is 0.333. The van der Waals surface area contributed by atoms with Gasteiger partial charge in [-0.15, -0.1) is 0 Å². The van der Waals surface area contributed by atoms with Crippen LogP contribution in [0.25, 0.3) is 0 Å². The summed E-state index contributed by atoms with van der Waals surface area (Å²) in [6.45, 7) is 10.5. The molecule has 3 heteroatoms. The zero-order valence-electron chi connectivity index (χ0n) is 11.8. The molecule has 1 saturated carbocycles. The quantitative estimate of drug-likeness (QED) is 0.812. The Balaban J connectivity index is 1.82. The Morgan fingerprint density at radius 1 is 1.29 bits per heavy atom. The Hall–Kier alpha value is -0.120. The van der Waals surface area contributed by atoms with Crippen LogP contribution in [-0.2, 0) is 4.74 Å². The predicted octanol–water partition coefficient (Wildman–Crippen LogP) is 1.87. The summed E-state index contributed by atoms with van der Waals surface area (Å²) in [6, 6.07) is 1.48. The first kappa shape index (κ1) is 13.3. The molecular formula is C14H28N2O. The second-order valence-corrected chi connectivity index (χ2v) is 6.17. The molecule has 100 valence electrons. The minimum absolute atomic E-state index is 0.333. The molecule has 0 aromatic rings. The normalized spacial score (nSPS) is 34.6. The molecule has 1 saturated heterocycles. The lowest BCUT2D eigenvalue weighted by molar-refractivity contribution is -0.141. The molecule has 0 bridgehead atoms. The first-order chi connectivity index (χ1) is 8.09. The lowest BCUT2D eigenvalue weighted by Crippen LogP contribution is -2.63. The maximum atomic E-state index is 5.54. The van der Waals surface area contributed by atoms with Crippen molar-refractivity contribution in [3.63, 3.8) is 0 Å². The first-order valence-corrected chi connectivity index (χ1v) is 7.09. The van der Waals surface area contributed by atoms with Gasteiger partial charge in [0.15, 0.2) is 0 Å². The summed E-state index contributed by atoms with van der Waals surface area (Å²) in [4.78, 5) is 2.68. The fourth-order valence-corrected chi connectivity index (χ4v) is 3.59. The van der Waals surface area contributed by atoms with Crippen LogP contribution in [0, 0.1) is 5.41 Å². The molecule has 2 aliphatic rings. The second-order valence-electron chi connectivity index (χ2n) is 6.17. The molecule has 0 spiro atoms.